The van der Waals surface area contributed by atoms with Crippen LogP contribution in [0.2, 0.25) is 0 Å². The second-order valence-corrected chi connectivity index (χ2v) is 6.77. The first-order valence-corrected chi connectivity index (χ1v) is 8.10. The van der Waals surface area contributed by atoms with Crippen LogP contribution in [0.5, 0.6) is 0 Å². The Kier molecular flexibility index (Phi) is 6.71. The van der Waals surface area contributed by atoms with Crippen molar-refractivity contribution in [1.29, 1.82) is 0 Å². The molecule has 2 rings (SSSR count). The van der Waals surface area contributed by atoms with Crippen LogP contribution in [-0.4, -0.2) is 25.3 Å². The molecule has 0 aromatic carbocycles. The summed E-state index contributed by atoms with van der Waals surface area (Å²) in [6.07, 6.45) is 3.90. The summed E-state index contributed by atoms with van der Waals surface area (Å²) in [5, 5.41) is 15.0. The third kappa shape index (κ3) is 4.93. The largest absolute Gasteiger partial charge is 0.250 e. The first-order chi connectivity index (χ1) is 10.2. The van der Waals surface area contributed by atoms with E-state index < -0.39 is 0 Å². The minimum absolute atomic E-state index is 0.412. The lowest BCUT2D eigenvalue weighted by molar-refractivity contribution is -0.777. The molecule has 124 valence electrons. The quantitative estimate of drug-likeness (QED) is 0.881. The predicted octanol–water partition coefficient (Wildman–Crippen LogP) is 3.38. The highest BCUT2D eigenvalue weighted by molar-refractivity contribution is 4.98. The van der Waals surface area contributed by atoms with Crippen molar-refractivity contribution in [1.82, 2.24) is 25.3 Å². The van der Waals surface area contributed by atoms with Gasteiger partial charge in [-0.25, -0.2) is 4.68 Å². The number of nitrogens with one attached hydrogen (secondary N) is 1. The molecule has 0 saturated carbocycles. The van der Waals surface area contributed by atoms with E-state index in [9.17, 15) is 0 Å². The molecule has 0 aliphatic heterocycles. The SMILES string of the molecule is CC(C)c1cn(C(C)C)nn1.CC(C)c1cn[nH][n+]1C(C)C. The Morgan fingerprint density at radius 2 is 1.64 bits per heavy atom. The zero-order valence-electron chi connectivity index (χ0n) is 15.2. The molecule has 0 atom stereocenters. The highest BCUT2D eigenvalue weighted by atomic mass is 15.4. The number of H-pyrrole nitrogens is 1. The van der Waals surface area contributed by atoms with Gasteiger partial charge >= 0.3 is 0 Å². The summed E-state index contributed by atoms with van der Waals surface area (Å²) in [5.74, 6) is 1.01. The fourth-order valence-corrected chi connectivity index (χ4v) is 1.93. The van der Waals surface area contributed by atoms with Crippen molar-refractivity contribution < 1.29 is 4.68 Å². The van der Waals surface area contributed by atoms with E-state index in [0.717, 1.165) is 5.69 Å². The molecule has 0 radical (unpaired) electrons. The van der Waals surface area contributed by atoms with Crippen LogP contribution < -0.4 is 4.68 Å². The maximum atomic E-state index is 4.05. The molecular formula is C16H31N6+. The van der Waals surface area contributed by atoms with Crippen molar-refractivity contribution in [2.45, 2.75) is 79.3 Å². The highest BCUT2D eigenvalue weighted by Crippen LogP contribution is 2.11. The minimum Gasteiger partial charge on any atom is -0.250 e. The van der Waals surface area contributed by atoms with Crippen LogP contribution in [0, 0.1) is 0 Å². The molecule has 2 aromatic heterocycles. The maximum absolute atomic E-state index is 4.05. The standard InChI is InChI=1S/2C8H15N3/c1-6(2)8-5-11(7(3)4)10-9-8;1-6(2)8-5-9-10-11(8)7(3)4/h2*5-7H,1-4H3/p+1. The van der Waals surface area contributed by atoms with Crippen LogP contribution in [0.3, 0.4) is 0 Å². The van der Waals surface area contributed by atoms with Crippen molar-refractivity contribution in [3.63, 3.8) is 0 Å². The van der Waals surface area contributed by atoms with Gasteiger partial charge in [0.15, 0.2) is 5.69 Å². The molecule has 1 N–H and O–H groups in total. The third-order valence-electron chi connectivity index (χ3n) is 3.40. The molecule has 0 saturated heterocycles. The molecular weight excluding hydrogens is 276 g/mol. The highest BCUT2D eigenvalue weighted by Gasteiger charge is 2.16. The van der Waals surface area contributed by atoms with Crippen molar-refractivity contribution in [2.24, 2.45) is 0 Å². The van der Waals surface area contributed by atoms with E-state index in [4.69, 9.17) is 0 Å². The van der Waals surface area contributed by atoms with Gasteiger partial charge in [-0.2, -0.15) is 4.68 Å². The van der Waals surface area contributed by atoms with Gasteiger partial charge in [0.2, 0.25) is 6.20 Å². The fraction of sp³-hybridized carbons (Fsp3) is 0.750. The van der Waals surface area contributed by atoms with Gasteiger partial charge in [-0.05, 0) is 33.6 Å². The summed E-state index contributed by atoms with van der Waals surface area (Å²) in [4.78, 5) is 0. The fourth-order valence-electron chi connectivity index (χ4n) is 1.93. The van der Waals surface area contributed by atoms with Crippen LogP contribution in [0.4, 0.5) is 0 Å². The van der Waals surface area contributed by atoms with Crippen molar-refractivity contribution in [2.75, 3.05) is 0 Å². The van der Waals surface area contributed by atoms with Gasteiger partial charge in [-0.15, -0.1) is 5.10 Å². The Labute approximate surface area is 133 Å². The molecule has 0 bridgehead atoms. The van der Waals surface area contributed by atoms with E-state index in [2.05, 4.69) is 80.7 Å². The zero-order valence-corrected chi connectivity index (χ0v) is 15.2. The molecule has 0 aliphatic carbocycles. The molecule has 0 aliphatic rings. The van der Waals surface area contributed by atoms with Gasteiger partial charge in [0.1, 0.15) is 6.04 Å². The van der Waals surface area contributed by atoms with Gasteiger partial charge in [0.25, 0.3) is 0 Å². The number of nitrogens with zero attached hydrogens (tertiary/aromatic N) is 5. The lowest BCUT2D eigenvalue weighted by Gasteiger charge is -2.04. The molecule has 2 heterocycles. The second-order valence-electron chi connectivity index (χ2n) is 6.77. The predicted molar refractivity (Wildman–Crippen MR) is 87.8 cm³/mol. The smallest absolute Gasteiger partial charge is 0.209 e. The number of aromatic nitrogens is 6. The van der Waals surface area contributed by atoms with Gasteiger partial charge in [0, 0.05) is 23.3 Å². The van der Waals surface area contributed by atoms with Crippen LogP contribution >= 0.6 is 0 Å². The molecule has 6 nitrogen and oxygen atoms in total. The van der Waals surface area contributed by atoms with E-state index >= 15 is 0 Å². The Bertz CT molecular complexity index is 505. The second kappa shape index (κ2) is 8.06. The minimum atomic E-state index is 0.412. The number of hydrogen-bond acceptors (Lipinski definition) is 3. The summed E-state index contributed by atoms with van der Waals surface area (Å²) >= 11 is 0. The van der Waals surface area contributed by atoms with E-state index in [1.54, 1.807) is 0 Å². The first kappa shape index (κ1) is 18.3. The summed E-state index contributed by atoms with van der Waals surface area (Å²) in [5.41, 5.74) is 2.33. The van der Waals surface area contributed by atoms with Gasteiger partial charge in [-0.1, -0.05) is 38.1 Å². The third-order valence-corrected chi connectivity index (χ3v) is 3.40. The number of hydrogen-bond donors (Lipinski definition) is 1. The van der Waals surface area contributed by atoms with Crippen molar-refractivity contribution in [3.8, 4) is 0 Å². The molecule has 2 aromatic rings. The van der Waals surface area contributed by atoms with Gasteiger partial charge < -0.3 is 0 Å². The number of aromatic amines is 1. The Balaban J connectivity index is 0.000000220. The van der Waals surface area contributed by atoms with E-state index in [1.807, 2.05) is 17.1 Å². The number of rotatable bonds is 4. The van der Waals surface area contributed by atoms with Crippen LogP contribution in [0.25, 0.3) is 0 Å². The Morgan fingerprint density at radius 1 is 1.00 bits per heavy atom. The molecule has 22 heavy (non-hydrogen) atoms. The average Bonchev–Trinajstić information content (AvgIpc) is 3.09. The van der Waals surface area contributed by atoms with Crippen LogP contribution in [-0.2, 0) is 0 Å². The zero-order chi connectivity index (χ0) is 16.9. The monoisotopic (exact) mass is 307 g/mol. The van der Waals surface area contributed by atoms with Crippen molar-refractivity contribution >= 4 is 0 Å². The van der Waals surface area contributed by atoms with Crippen LogP contribution in [0.15, 0.2) is 12.4 Å². The topological polar surface area (TPSA) is 63.3 Å². The summed E-state index contributed by atoms with van der Waals surface area (Å²) in [7, 11) is 0. The van der Waals surface area contributed by atoms with Gasteiger partial charge in [-0.3, -0.25) is 0 Å². The molecule has 6 heteroatoms. The molecule has 0 unspecified atom stereocenters. The lowest BCUT2D eigenvalue weighted by Crippen LogP contribution is -2.42. The molecule has 0 fully saturated rings. The average molecular weight is 307 g/mol. The normalized spacial score (nSPS) is 11.5. The molecule has 0 spiro atoms. The van der Waals surface area contributed by atoms with E-state index in [1.165, 1.54) is 5.69 Å². The Morgan fingerprint density at radius 3 is 1.95 bits per heavy atom. The summed E-state index contributed by atoms with van der Waals surface area (Å²) in [6.45, 7) is 17.1. The maximum Gasteiger partial charge on any atom is 0.209 e. The summed E-state index contributed by atoms with van der Waals surface area (Å²) < 4.78 is 3.97. The van der Waals surface area contributed by atoms with Gasteiger partial charge in [0.05, 0.1) is 5.69 Å². The van der Waals surface area contributed by atoms with Crippen LogP contribution in [0.1, 0.15) is 90.7 Å². The molecule has 0 amide bonds. The summed E-state index contributed by atoms with van der Waals surface area (Å²) in [6, 6.07) is 0.880. The Hall–Kier alpha value is -1.72. The van der Waals surface area contributed by atoms with Crippen molar-refractivity contribution in [3.05, 3.63) is 23.8 Å². The van der Waals surface area contributed by atoms with E-state index in [-0.39, 0.29) is 0 Å². The van der Waals surface area contributed by atoms with E-state index in [0.29, 0.717) is 23.9 Å². The lowest BCUT2D eigenvalue weighted by atomic mass is 10.1. The first-order valence-electron chi connectivity index (χ1n) is 8.10.